The van der Waals surface area contributed by atoms with Gasteiger partial charge in [0.05, 0.1) is 23.7 Å². The van der Waals surface area contributed by atoms with Crippen molar-refractivity contribution in [2.24, 2.45) is 11.7 Å². The maximum atomic E-state index is 12.8. The number of carboxylic acids is 2. The zero-order chi connectivity index (χ0) is 23.8. The van der Waals surface area contributed by atoms with Crippen LogP contribution < -0.4 is 10.5 Å². The summed E-state index contributed by atoms with van der Waals surface area (Å²) in [7, 11) is 0. The summed E-state index contributed by atoms with van der Waals surface area (Å²) in [6, 6.07) is -0.276. The first-order chi connectivity index (χ1) is 14.2. The molecule has 2 atom stereocenters. The van der Waals surface area contributed by atoms with E-state index in [0.717, 1.165) is 0 Å². The van der Waals surface area contributed by atoms with E-state index in [4.69, 9.17) is 20.7 Å². The normalized spacial score (nSPS) is 14.2. The highest BCUT2D eigenvalue weighted by Crippen LogP contribution is 2.38. The lowest BCUT2D eigenvalue weighted by Crippen LogP contribution is -2.34. The number of benzene rings is 1. The van der Waals surface area contributed by atoms with Crippen LogP contribution in [0.5, 0.6) is 5.75 Å². The van der Waals surface area contributed by atoms with Crippen molar-refractivity contribution in [1.29, 1.82) is 0 Å². The van der Waals surface area contributed by atoms with E-state index in [1.54, 1.807) is 0 Å². The Morgan fingerprint density at radius 2 is 1.39 bits per heavy atom. The molecule has 1 aromatic carbocycles. The SMILES string of the molecule is N[C@@H](CC(CCCCCCOc1cc(C(F)(F)F)cc(C(F)(F)F)c1)C(=O)O)C(=O)O. The van der Waals surface area contributed by atoms with Crippen molar-refractivity contribution in [1.82, 2.24) is 0 Å². The smallest absolute Gasteiger partial charge is 0.416 e. The molecule has 0 saturated carbocycles. The number of unbranched alkanes of at least 4 members (excludes halogenated alkanes) is 3. The molecule has 31 heavy (non-hydrogen) atoms. The van der Waals surface area contributed by atoms with Gasteiger partial charge in [-0.15, -0.1) is 0 Å². The maximum Gasteiger partial charge on any atom is 0.416 e. The van der Waals surface area contributed by atoms with Crippen molar-refractivity contribution in [3.8, 4) is 5.75 Å². The van der Waals surface area contributed by atoms with Crippen molar-refractivity contribution in [3.63, 3.8) is 0 Å². The van der Waals surface area contributed by atoms with Crippen LogP contribution in [0, 0.1) is 5.92 Å². The van der Waals surface area contributed by atoms with Gasteiger partial charge in [-0.3, -0.25) is 9.59 Å². The number of ether oxygens (including phenoxy) is 1. The van der Waals surface area contributed by atoms with Crippen LogP contribution in [-0.4, -0.2) is 34.8 Å². The lowest BCUT2D eigenvalue weighted by atomic mass is 9.94. The molecule has 176 valence electrons. The molecule has 12 heteroatoms. The number of rotatable bonds is 12. The number of nitrogens with two attached hydrogens (primary N) is 1. The third-order valence-electron chi connectivity index (χ3n) is 4.48. The fraction of sp³-hybridized carbons (Fsp3) is 0.579. The summed E-state index contributed by atoms with van der Waals surface area (Å²) >= 11 is 0. The maximum absolute atomic E-state index is 12.8. The molecule has 1 rings (SSSR count). The van der Waals surface area contributed by atoms with Crippen molar-refractivity contribution < 1.29 is 50.9 Å². The molecule has 0 aliphatic rings. The molecule has 0 aliphatic heterocycles. The molecule has 0 amide bonds. The Hall–Kier alpha value is -2.50. The number of alkyl halides is 6. The highest BCUT2D eigenvalue weighted by molar-refractivity contribution is 5.75. The Morgan fingerprint density at radius 3 is 1.84 bits per heavy atom. The van der Waals surface area contributed by atoms with Gasteiger partial charge in [0.25, 0.3) is 0 Å². The van der Waals surface area contributed by atoms with E-state index < -0.39 is 53.1 Å². The van der Waals surface area contributed by atoms with E-state index in [1.807, 2.05) is 0 Å². The first-order valence-electron chi connectivity index (χ1n) is 9.35. The Labute approximate surface area is 174 Å². The molecule has 1 aromatic rings. The lowest BCUT2D eigenvalue weighted by molar-refractivity contribution is -0.145. The second kappa shape index (κ2) is 11.2. The summed E-state index contributed by atoms with van der Waals surface area (Å²) in [6.45, 7) is -0.120. The quantitative estimate of drug-likeness (QED) is 0.312. The molecule has 0 saturated heterocycles. The summed E-state index contributed by atoms with van der Waals surface area (Å²) in [6.07, 6.45) is -8.17. The molecule has 0 spiro atoms. The summed E-state index contributed by atoms with van der Waals surface area (Å²) in [5.41, 5.74) is 2.41. The topological polar surface area (TPSA) is 110 Å². The van der Waals surface area contributed by atoms with Crippen LogP contribution in [0.15, 0.2) is 18.2 Å². The fourth-order valence-electron chi connectivity index (χ4n) is 2.80. The van der Waals surface area contributed by atoms with Gasteiger partial charge in [0.15, 0.2) is 0 Å². The standard InChI is InChI=1S/C19H23F6NO5/c20-18(21,22)12-8-13(19(23,24)25)10-14(9-12)31-6-4-2-1-3-5-11(16(27)28)7-15(26)17(29)30/h8-11,15H,1-7,26H2,(H,27,28)(H,29,30)/t11?,15-/m0/s1. The van der Waals surface area contributed by atoms with Crippen molar-refractivity contribution >= 4 is 11.9 Å². The van der Waals surface area contributed by atoms with Crippen LogP contribution in [0.4, 0.5) is 26.3 Å². The van der Waals surface area contributed by atoms with Gasteiger partial charge >= 0.3 is 24.3 Å². The molecule has 4 N–H and O–H groups in total. The van der Waals surface area contributed by atoms with Crippen LogP contribution in [0.25, 0.3) is 0 Å². The summed E-state index contributed by atoms with van der Waals surface area (Å²) < 4.78 is 81.9. The van der Waals surface area contributed by atoms with E-state index in [2.05, 4.69) is 0 Å². The third-order valence-corrected chi connectivity index (χ3v) is 4.48. The predicted octanol–water partition coefficient (Wildman–Crippen LogP) is 4.56. The van der Waals surface area contributed by atoms with Gasteiger partial charge in [0.1, 0.15) is 11.8 Å². The van der Waals surface area contributed by atoms with Gasteiger partial charge < -0.3 is 20.7 Å². The molecule has 0 heterocycles. The average Bonchev–Trinajstić information content (AvgIpc) is 2.64. The minimum Gasteiger partial charge on any atom is -0.494 e. The summed E-state index contributed by atoms with van der Waals surface area (Å²) in [4.78, 5) is 21.9. The molecule has 0 aromatic heterocycles. The van der Waals surface area contributed by atoms with E-state index in [1.165, 1.54) is 0 Å². The number of aliphatic carboxylic acids is 2. The van der Waals surface area contributed by atoms with Gasteiger partial charge in [-0.2, -0.15) is 26.3 Å². The van der Waals surface area contributed by atoms with E-state index in [-0.39, 0.29) is 25.5 Å². The van der Waals surface area contributed by atoms with Crippen LogP contribution in [-0.2, 0) is 21.9 Å². The molecule has 0 aliphatic carbocycles. The molecule has 6 nitrogen and oxygen atoms in total. The fourth-order valence-corrected chi connectivity index (χ4v) is 2.80. The number of carboxylic acid groups (broad SMARTS) is 2. The van der Waals surface area contributed by atoms with Crippen LogP contribution in [0.2, 0.25) is 0 Å². The van der Waals surface area contributed by atoms with Crippen LogP contribution in [0.1, 0.15) is 49.7 Å². The Bertz CT molecular complexity index is 718. The number of carbonyl (C=O) groups is 2. The van der Waals surface area contributed by atoms with Gasteiger partial charge in [0, 0.05) is 0 Å². The second-order valence-electron chi connectivity index (χ2n) is 7.01. The largest absolute Gasteiger partial charge is 0.494 e. The predicted molar refractivity (Wildman–Crippen MR) is 96.4 cm³/mol. The Balaban J connectivity index is 2.49. The zero-order valence-electron chi connectivity index (χ0n) is 16.3. The minimum atomic E-state index is -4.96. The van der Waals surface area contributed by atoms with Crippen LogP contribution in [0.3, 0.4) is 0 Å². The van der Waals surface area contributed by atoms with Gasteiger partial charge in [0.2, 0.25) is 0 Å². The minimum absolute atomic E-state index is 0.0159. The summed E-state index contributed by atoms with van der Waals surface area (Å²) in [5, 5.41) is 17.8. The second-order valence-corrected chi connectivity index (χ2v) is 7.01. The van der Waals surface area contributed by atoms with E-state index in [0.29, 0.717) is 37.8 Å². The monoisotopic (exact) mass is 459 g/mol. The number of hydrogen-bond acceptors (Lipinski definition) is 4. The van der Waals surface area contributed by atoms with Gasteiger partial charge in [-0.25, -0.2) is 0 Å². The molecule has 1 unspecified atom stereocenters. The molecule has 0 bridgehead atoms. The number of halogens is 6. The Morgan fingerprint density at radius 1 is 0.871 bits per heavy atom. The molecular formula is C19H23F6NO5. The van der Waals surface area contributed by atoms with Crippen molar-refractivity contribution in [3.05, 3.63) is 29.3 Å². The van der Waals surface area contributed by atoms with Crippen LogP contribution >= 0.6 is 0 Å². The van der Waals surface area contributed by atoms with Gasteiger partial charge in [-0.05, 0) is 37.5 Å². The third kappa shape index (κ3) is 9.45. The van der Waals surface area contributed by atoms with Crippen molar-refractivity contribution in [2.45, 2.75) is 56.9 Å². The van der Waals surface area contributed by atoms with Gasteiger partial charge in [-0.1, -0.05) is 19.3 Å². The molecular weight excluding hydrogens is 436 g/mol. The average molecular weight is 459 g/mol. The first kappa shape index (κ1) is 26.5. The Kier molecular flexibility index (Phi) is 9.60. The zero-order valence-corrected chi connectivity index (χ0v) is 16.3. The van der Waals surface area contributed by atoms with E-state index >= 15 is 0 Å². The first-order valence-corrected chi connectivity index (χ1v) is 9.35. The molecule has 0 fully saturated rings. The highest BCUT2D eigenvalue weighted by Gasteiger charge is 2.37. The molecule has 0 radical (unpaired) electrons. The number of hydrogen-bond donors (Lipinski definition) is 3. The highest BCUT2D eigenvalue weighted by atomic mass is 19.4. The van der Waals surface area contributed by atoms with E-state index in [9.17, 15) is 35.9 Å². The lowest BCUT2D eigenvalue weighted by Gasteiger charge is -2.15. The summed E-state index contributed by atoms with van der Waals surface area (Å²) in [5.74, 6) is -3.93. The van der Waals surface area contributed by atoms with Crippen molar-refractivity contribution in [2.75, 3.05) is 6.61 Å².